The van der Waals surface area contributed by atoms with E-state index in [1.807, 2.05) is 18.7 Å². The summed E-state index contributed by atoms with van der Waals surface area (Å²) in [6.07, 6.45) is 9.91. The predicted octanol–water partition coefficient (Wildman–Crippen LogP) is 5.55. The summed E-state index contributed by atoms with van der Waals surface area (Å²) < 4.78 is 4.94. The van der Waals surface area contributed by atoms with Crippen molar-refractivity contribution in [1.82, 2.24) is 0 Å². The highest BCUT2D eigenvalue weighted by molar-refractivity contribution is 8.00. The fourth-order valence-corrected chi connectivity index (χ4v) is 5.27. The topological polar surface area (TPSA) is 63.6 Å². The Bertz CT molecular complexity index is 458. The molecule has 0 radical (unpaired) electrons. The second kappa shape index (κ2) is 13.6. The summed E-state index contributed by atoms with van der Waals surface area (Å²) in [5.41, 5.74) is 0.326. The minimum atomic E-state index is -0.258. The van der Waals surface area contributed by atoms with Crippen molar-refractivity contribution in [3.05, 3.63) is 0 Å². The Hall–Kier alpha value is -0.550. The molecular weight excluding hydrogens is 372 g/mol. The molecule has 1 aliphatic carbocycles. The van der Waals surface area contributed by atoms with Gasteiger partial charge in [-0.1, -0.05) is 46.5 Å². The van der Waals surface area contributed by atoms with Crippen LogP contribution in [0.3, 0.4) is 0 Å². The van der Waals surface area contributed by atoms with E-state index in [1.54, 1.807) is 0 Å². The van der Waals surface area contributed by atoms with Crippen LogP contribution in [0.4, 0.5) is 0 Å². The van der Waals surface area contributed by atoms with E-state index in [9.17, 15) is 14.7 Å². The Morgan fingerprint density at radius 2 is 1.93 bits per heavy atom. The number of thioether (sulfide) groups is 1. The third-order valence-corrected chi connectivity index (χ3v) is 7.03. The summed E-state index contributed by atoms with van der Waals surface area (Å²) in [5.74, 6) is 1.21. The Balaban J connectivity index is 2.19. The van der Waals surface area contributed by atoms with E-state index in [1.165, 1.54) is 0 Å². The van der Waals surface area contributed by atoms with Crippen LogP contribution in [0.25, 0.3) is 0 Å². The number of ether oxygens (including phenoxy) is 1. The van der Waals surface area contributed by atoms with Crippen molar-refractivity contribution >= 4 is 23.5 Å². The van der Waals surface area contributed by atoms with Gasteiger partial charge >= 0.3 is 5.97 Å². The lowest BCUT2D eigenvalue weighted by Crippen LogP contribution is -2.20. The van der Waals surface area contributed by atoms with E-state index in [-0.39, 0.29) is 18.0 Å². The third-order valence-electron chi connectivity index (χ3n) is 5.46. The smallest absolute Gasteiger partial charge is 0.305 e. The molecule has 1 aliphatic rings. The first kappa shape index (κ1) is 25.5. The summed E-state index contributed by atoms with van der Waals surface area (Å²) in [6.45, 7) is 8.99. The average Bonchev–Trinajstić information content (AvgIpc) is 2.95. The first-order valence-corrected chi connectivity index (χ1v) is 12.3. The molecule has 0 aromatic carbocycles. The summed E-state index contributed by atoms with van der Waals surface area (Å²) in [6, 6.07) is 0. The lowest BCUT2D eigenvalue weighted by Gasteiger charge is -2.21. The van der Waals surface area contributed by atoms with Crippen molar-refractivity contribution in [3.8, 4) is 0 Å². The monoisotopic (exact) mass is 414 g/mol. The van der Waals surface area contributed by atoms with Gasteiger partial charge in [0.15, 0.2) is 0 Å². The largest absolute Gasteiger partial charge is 0.466 e. The van der Waals surface area contributed by atoms with Crippen LogP contribution in [0, 0.1) is 11.3 Å². The molecule has 0 amide bonds. The summed E-state index contributed by atoms with van der Waals surface area (Å²) >= 11 is 1.81. The number of Topliss-reactive ketones (excluding diaryl/α,β-unsaturated/α-hetero) is 1. The average molecular weight is 415 g/mol. The number of ketones is 1. The molecule has 28 heavy (non-hydrogen) atoms. The number of rotatable bonds is 14. The minimum Gasteiger partial charge on any atom is -0.466 e. The molecule has 1 N–H and O–H groups in total. The van der Waals surface area contributed by atoms with Crippen molar-refractivity contribution < 1.29 is 19.4 Å². The first-order valence-electron chi connectivity index (χ1n) is 11.2. The van der Waals surface area contributed by atoms with Crippen molar-refractivity contribution in [1.29, 1.82) is 0 Å². The molecule has 0 aliphatic heterocycles. The van der Waals surface area contributed by atoms with Crippen LogP contribution < -0.4 is 0 Å². The number of unbranched alkanes of at least 4 members (excludes halogenated alkanes) is 3. The van der Waals surface area contributed by atoms with Gasteiger partial charge in [0.25, 0.3) is 0 Å². The van der Waals surface area contributed by atoms with E-state index in [2.05, 4.69) is 20.8 Å². The highest BCUT2D eigenvalue weighted by Crippen LogP contribution is 2.36. The van der Waals surface area contributed by atoms with Crippen LogP contribution in [-0.4, -0.2) is 40.6 Å². The van der Waals surface area contributed by atoms with Crippen molar-refractivity contribution in [2.75, 3.05) is 12.4 Å². The van der Waals surface area contributed by atoms with Crippen molar-refractivity contribution in [2.45, 2.75) is 110 Å². The molecule has 1 saturated carbocycles. The number of aliphatic hydroxyl groups is 1. The summed E-state index contributed by atoms with van der Waals surface area (Å²) in [4.78, 5) is 23.6. The van der Waals surface area contributed by atoms with Gasteiger partial charge in [-0.3, -0.25) is 9.59 Å². The maximum Gasteiger partial charge on any atom is 0.305 e. The number of carbonyl (C=O) groups is 2. The minimum absolute atomic E-state index is 0.106. The van der Waals surface area contributed by atoms with Gasteiger partial charge in [-0.05, 0) is 44.4 Å². The van der Waals surface area contributed by atoms with Gasteiger partial charge in [0, 0.05) is 29.8 Å². The van der Waals surface area contributed by atoms with Gasteiger partial charge in [0.1, 0.15) is 5.78 Å². The van der Waals surface area contributed by atoms with Crippen LogP contribution >= 0.6 is 11.8 Å². The predicted molar refractivity (Wildman–Crippen MR) is 118 cm³/mol. The summed E-state index contributed by atoms with van der Waals surface area (Å²) in [5, 5.41) is 10.7. The maximum atomic E-state index is 12.3. The van der Waals surface area contributed by atoms with Crippen LogP contribution in [-0.2, 0) is 14.3 Å². The van der Waals surface area contributed by atoms with Crippen LogP contribution in [0.1, 0.15) is 98.3 Å². The standard InChI is InChI=1S/C23H42O4S/c1-5-27-22(26)13-9-7-6-8-12-19-20(25)14-15-21(19)28-17-18(24)11-10-16-23(2,3)4/h18-19,21,24H,5-17H2,1-4H3. The Morgan fingerprint density at radius 1 is 1.21 bits per heavy atom. The zero-order chi connectivity index (χ0) is 21.0. The second-order valence-electron chi connectivity index (χ2n) is 9.35. The molecule has 164 valence electrons. The van der Waals surface area contributed by atoms with Gasteiger partial charge in [-0.2, -0.15) is 11.8 Å². The lowest BCUT2D eigenvalue weighted by molar-refractivity contribution is -0.143. The van der Waals surface area contributed by atoms with Crippen LogP contribution in [0.2, 0.25) is 0 Å². The van der Waals surface area contributed by atoms with E-state index >= 15 is 0 Å². The fraction of sp³-hybridized carbons (Fsp3) is 0.913. The third kappa shape index (κ3) is 11.5. The van der Waals surface area contributed by atoms with E-state index in [4.69, 9.17) is 4.74 Å². The van der Waals surface area contributed by atoms with Crippen LogP contribution in [0.5, 0.6) is 0 Å². The molecule has 0 spiro atoms. The zero-order valence-corrected chi connectivity index (χ0v) is 19.3. The molecule has 3 unspecified atom stereocenters. The highest BCUT2D eigenvalue weighted by Gasteiger charge is 2.34. The van der Waals surface area contributed by atoms with Gasteiger partial charge in [0.2, 0.25) is 0 Å². The molecule has 0 bridgehead atoms. The van der Waals surface area contributed by atoms with E-state index < -0.39 is 0 Å². The molecule has 0 aromatic rings. The normalized spacial score (nSPS) is 21.1. The second-order valence-corrected chi connectivity index (χ2v) is 10.6. The fourth-order valence-electron chi connectivity index (χ4n) is 3.83. The molecule has 1 rings (SSSR count). The van der Waals surface area contributed by atoms with Gasteiger partial charge in [-0.15, -0.1) is 0 Å². The molecule has 4 nitrogen and oxygen atoms in total. The highest BCUT2D eigenvalue weighted by atomic mass is 32.2. The van der Waals surface area contributed by atoms with E-state index in [0.717, 1.165) is 63.5 Å². The zero-order valence-electron chi connectivity index (χ0n) is 18.5. The maximum absolute atomic E-state index is 12.3. The number of carbonyl (C=O) groups excluding carboxylic acids is 2. The SMILES string of the molecule is CCOC(=O)CCCCCCC1C(=O)CCC1SCC(O)CCCC(C)(C)C. The van der Waals surface area contributed by atoms with Gasteiger partial charge in [-0.25, -0.2) is 0 Å². The number of esters is 1. The quantitative estimate of drug-likeness (QED) is 0.298. The molecule has 5 heteroatoms. The van der Waals surface area contributed by atoms with Crippen molar-refractivity contribution in [3.63, 3.8) is 0 Å². The Morgan fingerprint density at radius 3 is 2.61 bits per heavy atom. The molecule has 0 aromatic heterocycles. The van der Waals surface area contributed by atoms with Gasteiger partial charge in [0.05, 0.1) is 12.7 Å². The summed E-state index contributed by atoms with van der Waals surface area (Å²) in [7, 11) is 0. The molecular formula is C23H42O4S. The number of aliphatic hydroxyl groups excluding tert-OH is 1. The van der Waals surface area contributed by atoms with Crippen LogP contribution in [0.15, 0.2) is 0 Å². The molecule has 3 atom stereocenters. The molecule has 1 fully saturated rings. The molecule has 0 heterocycles. The van der Waals surface area contributed by atoms with E-state index in [0.29, 0.717) is 35.9 Å². The first-order chi connectivity index (χ1) is 13.2. The lowest BCUT2D eigenvalue weighted by atomic mass is 9.89. The number of hydrogen-bond acceptors (Lipinski definition) is 5. The Kier molecular flexibility index (Phi) is 12.4. The Labute approximate surface area is 176 Å². The number of hydrogen-bond donors (Lipinski definition) is 1. The van der Waals surface area contributed by atoms with Gasteiger partial charge < -0.3 is 9.84 Å². The molecule has 0 saturated heterocycles. The van der Waals surface area contributed by atoms with Crippen molar-refractivity contribution in [2.24, 2.45) is 11.3 Å².